The molecule has 0 radical (unpaired) electrons. The zero-order chi connectivity index (χ0) is 12.8. The third-order valence-corrected chi connectivity index (χ3v) is 2.68. The summed E-state index contributed by atoms with van der Waals surface area (Å²) in [5, 5.41) is 10.8. The van der Waals surface area contributed by atoms with E-state index in [4.69, 9.17) is 11.6 Å². The van der Waals surface area contributed by atoms with Crippen LogP contribution in [0.5, 0.6) is 0 Å². The fourth-order valence-corrected chi connectivity index (χ4v) is 1.70. The predicted molar refractivity (Wildman–Crippen MR) is 66.5 cm³/mol. The minimum atomic E-state index is -0.535. The van der Waals surface area contributed by atoms with E-state index in [-0.39, 0.29) is 10.8 Å². The van der Waals surface area contributed by atoms with E-state index in [0.717, 1.165) is 19.4 Å². The van der Waals surface area contributed by atoms with Crippen molar-refractivity contribution in [3.05, 3.63) is 21.6 Å². The highest BCUT2D eigenvalue weighted by Crippen LogP contribution is 2.31. The SMILES string of the molecule is CCCCN(CC)c1ncnc(Cl)c1[N+](=O)[O-]. The standard InChI is InChI=1S/C10H15ClN4O2/c1-3-5-6-14(4-2)10-8(15(16)17)9(11)12-7-13-10/h7H,3-6H2,1-2H3. The summed E-state index contributed by atoms with van der Waals surface area (Å²) < 4.78 is 0. The van der Waals surface area contributed by atoms with Crippen molar-refractivity contribution in [2.24, 2.45) is 0 Å². The fourth-order valence-electron chi connectivity index (χ4n) is 1.50. The van der Waals surface area contributed by atoms with Crippen LogP contribution in [0.1, 0.15) is 26.7 Å². The minimum absolute atomic E-state index is 0.116. The van der Waals surface area contributed by atoms with Gasteiger partial charge < -0.3 is 4.90 Å². The molecule has 1 aromatic heterocycles. The Labute approximate surface area is 105 Å². The molecule has 0 unspecified atom stereocenters. The lowest BCUT2D eigenvalue weighted by atomic mass is 10.3. The Morgan fingerprint density at radius 1 is 1.47 bits per heavy atom. The van der Waals surface area contributed by atoms with Crippen molar-refractivity contribution >= 4 is 23.1 Å². The fraction of sp³-hybridized carbons (Fsp3) is 0.600. The van der Waals surface area contributed by atoms with Gasteiger partial charge in [-0.05, 0) is 13.3 Å². The summed E-state index contributed by atoms with van der Waals surface area (Å²) in [6.07, 6.45) is 3.22. The minimum Gasteiger partial charge on any atom is -0.351 e. The van der Waals surface area contributed by atoms with Gasteiger partial charge in [-0.3, -0.25) is 10.1 Å². The van der Waals surface area contributed by atoms with Gasteiger partial charge in [0.25, 0.3) is 0 Å². The predicted octanol–water partition coefficient (Wildman–Crippen LogP) is 2.66. The number of unbranched alkanes of at least 4 members (excludes halogenated alkanes) is 1. The molecule has 1 heterocycles. The molecule has 0 N–H and O–H groups in total. The first-order valence-electron chi connectivity index (χ1n) is 5.51. The van der Waals surface area contributed by atoms with Crippen LogP contribution in [0.15, 0.2) is 6.33 Å². The van der Waals surface area contributed by atoms with Crippen LogP contribution in [-0.2, 0) is 0 Å². The number of hydrogen-bond acceptors (Lipinski definition) is 5. The monoisotopic (exact) mass is 258 g/mol. The van der Waals surface area contributed by atoms with Gasteiger partial charge in [0.1, 0.15) is 6.33 Å². The Hall–Kier alpha value is -1.43. The Bertz CT molecular complexity index is 400. The topological polar surface area (TPSA) is 72.2 Å². The Morgan fingerprint density at radius 3 is 2.71 bits per heavy atom. The first kappa shape index (κ1) is 13.6. The van der Waals surface area contributed by atoms with Crippen molar-refractivity contribution in [2.45, 2.75) is 26.7 Å². The number of hydrogen-bond donors (Lipinski definition) is 0. The second-order valence-electron chi connectivity index (χ2n) is 3.53. The second-order valence-corrected chi connectivity index (χ2v) is 3.89. The zero-order valence-electron chi connectivity index (χ0n) is 9.89. The maximum atomic E-state index is 11.0. The lowest BCUT2D eigenvalue weighted by Crippen LogP contribution is -2.26. The summed E-state index contributed by atoms with van der Waals surface area (Å²) in [5.41, 5.74) is -0.216. The van der Waals surface area contributed by atoms with E-state index >= 15 is 0 Å². The van der Waals surface area contributed by atoms with E-state index in [9.17, 15) is 10.1 Å². The van der Waals surface area contributed by atoms with E-state index in [1.54, 1.807) is 0 Å². The van der Waals surface area contributed by atoms with Crippen LogP contribution in [0.4, 0.5) is 11.5 Å². The highest BCUT2D eigenvalue weighted by atomic mass is 35.5. The maximum absolute atomic E-state index is 11.0. The van der Waals surface area contributed by atoms with Gasteiger partial charge in [-0.25, -0.2) is 9.97 Å². The summed E-state index contributed by atoms with van der Waals surface area (Å²) >= 11 is 5.74. The van der Waals surface area contributed by atoms with Crippen LogP contribution >= 0.6 is 11.6 Å². The molecule has 0 aliphatic rings. The number of aromatic nitrogens is 2. The molecule has 1 aromatic rings. The quantitative estimate of drug-likeness (QED) is 0.446. The summed E-state index contributed by atoms with van der Waals surface area (Å²) in [7, 11) is 0. The molecule has 94 valence electrons. The van der Waals surface area contributed by atoms with Crippen molar-refractivity contribution in [3.8, 4) is 0 Å². The average molecular weight is 259 g/mol. The number of anilines is 1. The van der Waals surface area contributed by atoms with Gasteiger partial charge >= 0.3 is 5.69 Å². The first-order valence-corrected chi connectivity index (χ1v) is 5.89. The molecule has 6 nitrogen and oxygen atoms in total. The lowest BCUT2D eigenvalue weighted by molar-refractivity contribution is -0.384. The highest BCUT2D eigenvalue weighted by Gasteiger charge is 2.24. The van der Waals surface area contributed by atoms with Crippen molar-refractivity contribution in [1.29, 1.82) is 0 Å². The van der Waals surface area contributed by atoms with Crippen LogP contribution < -0.4 is 4.90 Å². The third kappa shape index (κ3) is 3.26. The van der Waals surface area contributed by atoms with Crippen molar-refractivity contribution in [3.63, 3.8) is 0 Å². The van der Waals surface area contributed by atoms with Gasteiger partial charge in [0.05, 0.1) is 4.92 Å². The van der Waals surface area contributed by atoms with Gasteiger partial charge in [-0.1, -0.05) is 24.9 Å². The molecule has 0 saturated heterocycles. The molecular weight excluding hydrogens is 244 g/mol. The van der Waals surface area contributed by atoms with E-state index in [1.165, 1.54) is 6.33 Å². The molecule has 7 heteroatoms. The van der Waals surface area contributed by atoms with Gasteiger partial charge in [-0.2, -0.15) is 0 Å². The molecular formula is C10H15ClN4O2. The molecule has 0 saturated carbocycles. The molecule has 0 amide bonds. The highest BCUT2D eigenvalue weighted by molar-refractivity contribution is 6.31. The average Bonchev–Trinajstić information content (AvgIpc) is 2.29. The van der Waals surface area contributed by atoms with Crippen LogP contribution in [-0.4, -0.2) is 28.0 Å². The van der Waals surface area contributed by atoms with Crippen LogP contribution in [0, 0.1) is 10.1 Å². The van der Waals surface area contributed by atoms with E-state index in [2.05, 4.69) is 16.9 Å². The number of nitro groups is 1. The van der Waals surface area contributed by atoms with Gasteiger partial charge in [0, 0.05) is 13.1 Å². The summed E-state index contributed by atoms with van der Waals surface area (Å²) in [6.45, 7) is 5.36. The molecule has 0 spiro atoms. The van der Waals surface area contributed by atoms with Gasteiger partial charge in [-0.15, -0.1) is 0 Å². The lowest BCUT2D eigenvalue weighted by Gasteiger charge is -2.21. The molecule has 1 rings (SSSR count). The molecule has 17 heavy (non-hydrogen) atoms. The molecule has 0 aliphatic heterocycles. The zero-order valence-corrected chi connectivity index (χ0v) is 10.6. The normalized spacial score (nSPS) is 10.3. The van der Waals surface area contributed by atoms with E-state index in [1.807, 2.05) is 11.8 Å². The molecule has 0 fully saturated rings. The first-order chi connectivity index (χ1) is 8.11. The third-order valence-electron chi connectivity index (χ3n) is 2.40. The van der Waals surface area contributed by atoms with E-state index in [0.29, 0.717) is 12.4 Å². The number of rotatable bonds is 6. The van der Waals surface area contributed by atoms with Crippen LogP contribution in [0.3, 0.4) is 0 Å². The number of halogens is 1. The molecule has 0 aromatic carbocycles. The van der Waals surface area contributed by atoms with Crippen LogP contribution in [0.25, 0.3) is 0 Å². The summed E-state index contributed by atoms with van der Waals surface area (Å²) in [6, 6.07) is 0. The molecule has 0 bridgehead atoms. The Kier molecular flexibility index (Phi) is 5.09. The summed E-state index contributed by atoms with van der Waals surface area (Å²) in [4.78, 5) is 19.9. The Balaban J connectivity index is 3.09. The smallest absolute Gasteiger partial charge is 0.348 e. The Morgan fingerprint density at radius 2 is 2.18 bits per heavy atom. The number of nitrogens with zero attached hydrogens (tertiary/aromatic N) is 4. The molecule has 0 atom stereocenters. The largest absolute Gasteiger partial charge is 0.351 e. The van der Waals surface area contributed by atoms with Gasteiger partial charge in [0.15, 0.2) is 0 Å². The van der Waals surface area contributed by atoms with Gasteiger partial charge in [0.2, 0.25) is 11.0 Å². The van der Waals surface area contributed by atoms with E-state index < -0.39 is 4.92 Å². The van der Waals surface area contributed by atoms with Crippen LogP contribution in [0.2, 0.25) is 5.15 Å². The molecule has 0 aliphatic carbocycles. The van der Waals surface area contributed by atoms with Crippen molar-refractivity contribution in [2.75, 3.05) is 18.0 Å². The second kappa shape index (κ2) is 6.34. The summed E-state index contributed by atoms with van der Waals surface area (Å²) in [5.74, 6) is 0.297. The van der Waals surface area contributed by atoms with Crippen molar-refractivity contribution < 1.29 is 4.92 Å². The maximum Gasteiger partial charge on any atom is 0.348 e. The van der Waals surface area contributed by atoms with Crippen molar-refractivity contribution in [1.82, 2.24) is 9.97 Å².